The quantitative estimate of drug-likeness (QED) is 0.513. The number of H-pyrrole nitrogens is 1. The number of rotatable bonds is 5. The number of aliphatic hydroxyl groups excluding tert-OH is 1. The molecule has 7 nitrogen and oxygen atoms in total. The maximum absolute atomic E-state index is 12.0. The summed E-state index contributed by atoms with van der Waals surface area (Å²) >= 11 is 0. The van der Waals surface area contributed by atoms with Gasteiger partial charge in [-0.1, -0.05) is 30.3 Å². The highest BCUT2D eigenvalue weighted by Gasteiger charge is 2.21. The Morgan fingerprint density at radius 2 is 2.04 bits per heavy atom. The molecule has 3 heterocycles. The number of pyridine rings is 1. The molecule has 130 valence electrons. The van der Waals surface area contributed by atoms with Gasteiger partial charge in [-0.3, -0.25) is 9.89 Å². The number of benzene rings is 1. The van der Waals surface area contributed by atoms with Gasteiger partial charge < -0.3 is 15.4 Å². The second-order valence-corrected chi connectivity index (χ2v) is 5.97. The molecule has 0 aliphatic rings. The van der Waals surface area contributed by atoms with Crippen LogP contribution in [0.25, 0.3) is 22.3 Å². The summed E-state index contributed by atoms with van der Waals surface area (Å²) in [5.74, 6) is -0.562. The predicted octanol–water partition coefficient (Wildman–Crippen LogP) is 2.11. The zero-order chi connectivity index (χ0) is 18.1. The molecule has 1 aromatic carbocycles. The van der Waals surface area contributed by atoms with E-state index in [4.69, 9.17) is 5.73 Å². The number of nitrogens with zero attached hydrogens (tertiary/aromatic N) is 3. The van der Waals surface area contributed by atoms with E-state index >= 15 is 0 Å². The molecule has 0 spiro atoms. The van der Waals surface area contributed by atoms with Crippen molar-refractivity contribution in [2.45, 2.75) is 6.04 Å². The zero-order valence-corrected chi connectivity index (χ0v) is 13.8. The first-order chi connectivity index (χ1) is 12.7. The van der Waals surface area contributed by atoms with Crippen molar-refractivity contribution >= 4 is 16.9 Å². The van der Waals surface area contributed by atoms with E-state index in [-0.39, 0.29) is 6.61 Å². The summed E-state index contributed by atoms with van der Waals surface area (Å²) in [4.78, 5) is 16.2. The monoisotopic (exact) mass is 347 g/mol. The molecule has 0 aliphatic carbocycles. The topological polar surface area (TPSA) is 110 Å². The number of carbonyl (C=O) groups is 1. The second-order valence-electron chi connectivity index (χ2n) is 5.97. The van der Waals surface area contributed by atoms with E-state index in [0.717, 1.165) is 22.2 Å². The smallest absolute Gasteiger partial charge is 0.265 e. The first-order valence-corrected chi connectivity index (χ1v) is 8.16. The summed E-state index contributed by atoms with van der Waals surface area (Å²) in [6.07, 6.45) is 3.47. The van der Waals surface area contributed by atoms with Crippen LogP contribution in [0, 0.1) is 0 Å². The lowest BCUT2D eigenvalue weighted by molar-refractivity contribution is 0.0988. The van der Waals surface area contributed by atoms with Gasteiger partial charge in [-0.05, 0) is 23.8 Å². The van der Waals surface area contributed by atoms with Gasteiger partial charge in [-0.25, -0.2) is 4.98 Å². The van der Waals surface area contributed by atoms with E-state index in [1.165, 1.54) is 0 Å². The molecule has 0 saturated heterocycles. The van der Waals surface area contributed by atoms with Crippen LogP contribution >= 0.6 is 0 Å². The van der Waals surface area contributed by atoms with Crippen molar-refractivity contribution < 1.29 is 9.90 Å². The number of carbonyl (C=O) groups excluding carboxylic acids is 1. The summed E-state index contributed by atoms with van der Waals surface area (Å²) in [6.45, 7) is -0.163. The lowest BCUT2D eigenvalue weighted by Crippen LogP contribution is -2.22. The third-order valence-corrected chi connectivity index (χ3v) is 4.41. The number of hydrogen-bond donors (Lipinski definition) is 3. The summed E-state index contributed by atoms with van der Waals surface area (Å²) in [5, 5.41) is 18.0. The van der Waals surface area contributed by atoms with Crippen molar-refractivity contribution in [2.24, 2.45) is 5.73 Å². The van der Waals surface area contributed by atoms with Crippen molar-refractivity contribution in [1.82, 2.24) is 19.7 Å². The second kappa shape index (κ2) is 6.45. The summed E-state index contributed by atoms with van der Waals surface area (Å²) < 4.78 is 1.70. The molecule has 0 fully saturated rings. The number of aliphatic hydroxyl groups is 1. The van der Waals surface area contributed by atoms with Crippen LogP contribution in [0.15, 0.2) is 60.9 Å². The van der Waals surface area contributed by atoms with Crippen molar-refractivity contribution in [3.8, 4) is 11.3 Å². The van der Waals surface area contributed by atoms with E-state index in [0.29, 0.717) is 11.3 Å². The molecule has 1 atom stereocenters. The zero-order valence-electron chi connectivity index (χ0n) is 13.8. The molecule has 0 bridgehead atoms. The fourth-order valence-corrected chi connectivity index (χ4v) is 3.17. The largest absolute Gasteiger partial charge is 0.394 e. The van der Waals surface area contributed by atoms with Crippen LogP contribution in [0.3, 0.4) is 0 Å². The normalized spacial score (nSPS) is 12.3. The highest BCUT2D eigenvalue weighted by Crippen LogP contribution is 2.30. The van der Waals surface area contributed by atoms with E-state index in [1.807, 2.05) is 42.5 Å². The SMILES string of the molecule is NC(=O)c1cc(-c2[nH]nc3ncccc23)cn1[C@H](CO)c1ccccc1. The van der Waals surface area contributed by atoms with Gasteiger partial charge in [-0.15, -0.1) is 0 Å². The first-order valence-electron chi connectivity index (χ1n) is 8.16. The van der Waals surface area contributed by atoms with E-state index < -0.39 is 11.9 Å². The summed E-state index contributed by atoms with van der Waals surface area (Å²) in [5.41, 5.74) is 8.88. The maximum Gasteiger partial charge on any atom is 0.265 e. The number of aromatic amines is 1. The highest BCUT2D eigenvalue weighted by molar-refractivity contribution is 5.96. The lowest BCUT2D eigenvalue weighted by atomic mass is 10.1. The van der Waals surface area contributed by atoms with Gasteiger partial charge in [0.2, 0.25) is 0 Å². The van der Waals surface area contributed by atoms with Gasteiger partial charge in [0.1, 0.15) is 5.69 Å². The van der Waals surface area contributed by atoms with Crippen molar-refractivity contribution in [3.63, 3.8) is 0 Å². The van der Waals surface area contributed by atoms with Crippen LogP contribution in [0.4, 0.5) is 0 Å². The Balaban J connectivity index is 1.87. The molecule has 1 amide bonds. The fraction of sp³-hybridized carbons (Fsp3) is 0.105. The Morgan fingerprint density at radius 1 is 1.23 bits per heavy atom. The molecule has 7 heteroatoms. The molecule has 4 N–H and O–H groups in total. The third kappa shape index (κ3) is 2.64. The van der Waals surface area contributed by atoms with Crippen LogP contribution in [0.1, 0.15) is 22.1 Å². The Morgan fingerprint density at radius 3 is 2.77 bits per heavy atom. The molecule has 0 aliphatic heterocycles. The standard InChI is InChI=1S/C19H17N5O2/c20-18(26)15-9-13(17-14-7-4-8-21-19(14)23-22-17)10-24(15)16(11-25)12-5-2-1-3-6-12/h1-10,16,25H,11H2,(H2,20,26)(H,21,22,23)/t16-/m1/s1. The van der Waals surface area contributed by atoms with Crippen molar-refractivity contribution in [1.29, 1.82) is 0 Å². The molecule has 4 rings (SSSR count). The van der Waals surface area contributed by atoms with Crippen LogP contribution in [-0.2, 0) is 0 Å². The molecule has 0 saturated carbocycles. The Labute approximate surface area is 149 Å². The number of nitrogens with two attached hydrogens (primary N) is 1. The van der Waals surface area contributed by atoms with Gasteiger partial charge in [0.05, 0.1) is 18.3 Å². The molecule has 4 aromatic rings. The van der Waals surface area contributed by atoms with Crippen molar-refractivity contribution in [2.75, 3.05) is 6.61 Å². The lowest BCUT2D eigenvalue weighted by Gasteiger charge is -2.19. The number of primary amides is 1. The van der Waals surface area contributed by atoms with Gasteiger partial charge >= 0.3 is 0 Å². The van der Waals surface area contributed by atoms with Crippen LogP contribution in [0.5, 0.6) is 0 Å². The molecule has 0 unspecified atom stereocenters. The number of aromatic nitrogens is 4. The van der Waals surface area contributed by atoms with E-state index in [9.17, 15) is 9.90 Å². The molecular weight excluding hydrogens is 330 g/mol. The van der Waals surface area contributed by atoms with Gasteiger partial charge in [-0.2, -0.15) is 5.10 Å². The summed E-state index contributed by atoms with van der Waals surface area (Å²) in [6, 6.07) is 14.5. The van der Waals surface area contributed by atoms with Crippen LogP contribution < -0.4 is 5.73 Å². The average molecular weight is 347 g/mol. The van der Waals surface area contributed by atoms with Crippen LogP contribution in [0.2, 0.25) is 0 Å². The van der Waals surface area contributed by atoms with E-state index in [1.54, 1.807) is 23.0 Å². The van der Waals surface area contributed by atoms with Crippen LogP contribution in [-0.4, -0.2) is 37.4 Å². The number of fused-ring (bicyclic) bond motifs is 1. The predicted molar refractivity (Wildman–Crippen MR) is 97.5 cm³/mol. The van der Waals surface area contributed by atoms with Gasteiger partial charge in [0.25, 0.3) is 5.91 Å². The molecule has 26 heavy (non-hydrogen) atoms. The Bertz CT molecular complexity index is 1070. The average Bonchev–Trinajstić information content (AvgIpc) is 3.27. The number of amides is 1. The van der Waals surface area contributed by atoms with Gasteiger partial charge in [0.15, 0.2) is 5.65 Å². The Hall–Kier alpha value is -3.45. The maximum atomic E-state index is 12.0. The van der Waals surface area contributed by atoms with E-state index in [2.05, 4.69) is 15.2 Å². The number of hydrogen-bond acceptors (Lipinski definition) is 4. The van der Waals surface area contributed by atoms with Gasteiger partial charge in [0, 0.05) is 23.3 Å². The Kier molecular flexibility index (Phi) is 3.98. The highest BCUT2D eigenvalue weighted by atomic mass is 16.3. The molecular formula is C19H17N5O2. The molecule has 0 radical (unpaired) electrons. The minimum absolute atomic E-state index is 0.163. The third-order valence-electron chi connectivity index (χ3n) is 4.41. The molecule has 3 aromatic heterocycles. The van der Waals surface area contributed by atoms with Crippen molar-refractivity contribution in [3.05, 3.63) is 72.2 Å². The minimum atomic E-state index is -0.562. The minimum Gasteiger partial charge on any atom is -0.394 e. The fourth-order valence-electron chi connectivity index (χ4n) is 3.17. The summed E-state index contributed by atoms with van der Waals surface area (Å²) in [7, 11) is 0. The number of nitrogens with one attached hydrogen (secondary N) is 1. The first kappa shape index (κ1) is 16.0.